The Morgan fingerprint density at radius 3 is 2.58 bits per heavy atom. The van der Waals surface area contributed by atoms with Crippen LogP contribution in [0.5, 0.6) is 11.5 Å². The largest absolute Gasteiger partial charge is 0.454 e. The van der Waals surface area contributed by atoms with Crippen LogP contribution in [0.25, 0.3) is 0 Å². The molecule has 3 aromatic rings. The Bertz CT molecular complexity index is 1270. The third kappa shape index (κ3) is 3.75. The summed E-state index contributed by atoms with van der Waals surface area (Å²) >= 11 is 0. The van der Waals surface area contributed by atoms with Crippen molar-refractivity contribution in [2.24, 2.45) is 0 Å². The molecule has 158 valence electrons. The maximum atomic E-state index is 13.2. The molecule has 2 heterocycles. The summed E-state index contributed by atoms with van der Waals surface area (Å²) < 4.78 is 38.5. The zero-order valence-electron chi connectivity index (χ0n) is 16.6. The molecule has 2 aliphatic rings. The molecule has 2 aliphatic heterocycles. The third-order valence-electron chi connectivity index (χ3n) is 5.46. The van der Waals surface area contributed by atoms with Gasteiger partial charge < -0.3 is 14.8 Å². The molecule has 0 saturated carbocycles. The van der Waals surface area contributed by atoms with Crippen LogP contribution < -0.4 is 14.8 Å². The summed E-state index contributed by atoms with van der Waals surface area (Å²) in [5.41, 5.74) is 2.98. The maximum absolute atomic E-state index is 13.2. The van der Waals surface area contributed by atoms with E-state index in [1.54, 1.807) is 30.3 Å². The monoisotopic (exact) mass is 436 g/mol. The van der Waals surface area contributed by atoms with Gasteiger partial charge in [-0.1, -0.05) is 30.3 Å². The van der Waals surface area contributed by atoms with Crippen LogP contribution in [0.4, 0.5) is 5.69 Å². The van der Waals surface area contributed by atoms with Crippen LogP contribution in [0.2, 0.25) is 0 Å². The zero-order valence-corrected chi connectivity index (χ0v) is 17.4. The topological polar surface area (TPSA) is 84.9 Å². The minimum Gasteiger partial charge on any atom is -0.454 e. The quantitative estimate of drug-likeness (QED) is 0.678. The van der Waals surface area contributed by atoms with Gasteiger partial charge in [0, 0.05) is 30.4 Å². The number of ether oxygens (including phenoxy) is 2. The predicted octanol–water partition coefficient (Wildman–Crippen LogP) is 3.41. The average Bonchev–Trinajstić information content (AvgIpc) is 3.27. The van der Waals surface area contributed by atoms with Crippen LogP contribution in [-0.2, 0) is 23.0 Å². The lowest BCUT2D eigenvalue weighted by atomic mass is 10.0. The summed E-state index contributed by atoms with van der Waals surface area (Å²) in [7, 11) is -3.72. The second kappa shape index (κ2) is 7.72. The van der Waals surface area contributed by atoms with Crippen molar-refractivity contribution < 1.29 is 22.7 Å². The second-order valence-electron chi connectivity index (χ2n) is 7.41. The number of nitrogens with one attached hydrogen (secondary N) is 1. The van der Waals surface area contributed by atoms with Gasteiger partial charge in [-0.2, -0.15) is 4.31 Å². The van der Waals surface area contributed by atoms with Gasteiger partial charge in [-0.25, -0.2) is 8.42 Å². The van der Waals surface area contributed by atoms with Crippen molar-refractivity contribution in [2.75, 3.05) is 18.7 Å². The maximum Gasteiger partial charge on any atom is 0.255 e. The first-order chi connectivity index (χ1) is 15.0. The molecule has 0 bridgehead atoms. The molecule has 0 spiro atoms. The molecule has 0 atom stereocenters. The molecule has 0 aliphatic carbocycles. The lowest BCUT2D eigenvalue weighted by molar-refractivity contribution is 0.102. The fourth-order valence-electron chi connectivity index (χ4n) is 3.80. The molecule has 0 fully saturated rings. The standard InChI is InChI=1S/C23H20N2O5S/c26-23(24-19-8-9-21-22(13-19)30-15-29-21)17-6-3-7-20(12-17)31(27,28)25-11-10-16-4-1-2-5-18(16)14-25/h1-9,12-13H,10-11,14-15H2,(H,24,26). The number of hydrogen-bond acceptors (Lipinski definition) is 5. The van der Waals surface area contributed by atoms with Gasteiger partial charge in [0.25, 0.3) is 5.91 Å². The Hall–Kier alpha value is -3.36. The zero-order chi connectivity index (χ0) is 21.4. The van der Waals surface area contributed by atoms with E-state index in [1.165, 1.54) is 22.0 Å². The number of sulfonamides is 1. The van der Waals surface area contributed by atoms with Crippen LogP contribution in [0.3, 0.4) is 0 Å². The molecule has 0 radical (unpaired) electrons. The molecule has 0 saturated heterocycles. The van der Waals surface area contributed by atoms with Crippen molar-refractivity contribution in [1.29, 1.82) is 0 Å². The molecular formula is C23H20N2O5S. The van der Waals surface area contributed by atoms with Gasteiger partial charge in [0.05, 0.1) is 4.90 Å². The van der Waals surface area contributed by atoms with Crippen molar-refractivity contribution in [3.8, 4) is 11.5 Å². The number of amides is 1. The fourth-order valence-corrected chi connectivity index (χ4v) is 5.26. The van der Waals surface area contributed by atoms with E-state index in [9.17, 15) is 13.2 Å². The van der Waals surface area contributed by atoms with E-state index in [-0.39, 0.29) is 17.3 Å². The summed E-state index contributed by atoms with van der Waals surface area (Å²) in [6.45, 7) is 0.882. The molecule has 5 rings (SSSR count). The number of carbonyl (C=O) groups excluding carboxylic acids is 1. The van der Waals surface area contributed by atoms with E-state index in [0.717, 1.165) is 5.56 Å². The summed E-state index contributed by atoms with van der Waals surface area (Å²) in [4.78, 5) is 12.8. The predicted molar refractivity (Wildman–Crippen MR) is 115 cm³/mol. The highest BCUT2D eigenvalue weighted by molar-refractivity contribution is 7.89. The number of anilines is 1. The van der Waals surface area contributed by atoms with Gasteiger partial charge in [-0.3, -0.25) is 4.79 Å². The minimum atomic E-state index is -3.72. The number of nitrogens with zero attached hydrogens (tertiary/aromatic N) is 1. The van der Waals surface area contributed by atoms with Gasteiger partial charge in [0.15, 0.2) is 11.5 Å². The molecular weight excluding hydrogens is 416 g/mol. The molecule has 31 heavy (non-hydrogen) atoms. The van der Waals surface area contributed by atoms with E-state index in [4.69, 9.17) is 9.47 Å². The molecule has 8 heteroatoms. The van der Waals surface area contributed by atoms with E-state index in [1.807, 2.05) is 24.3 Å². The summed E-state index contributed by atoms with van der Waals surface area (Å²) in [5, 5.41) is 2.78. The molecule has 7 nitrogen and oxygen atoms in total. The van der Waals surface area contributed by atoms with Crippen molar-refractivity contribution in [3.05, 3.63) is 83.4 Å². The molecule has 0 unspecified atom stereocenters. The third-order valence-corrected chi connectivity index (χ3v) is 7.30. The first kappa shape index (κ1) is 19.6. The Labute approximate surface area is 180 Å². The number of rotatable bonds is 4. The molecule has 1 amide bonds. The van der Waals surface area contributed by atoms with Gasteiger partial charge >= 0.3 is 0 Å². The van der Waals surface area contributed by atoms with Crippen LogP contribution in [-0.4, -0.2) is 32.0 Å². The lowest BCUT2D eigenvalue weighted by Crippen LogP contribution is -2.36. The van der Waals surface area contributed by atoms with Gasteiger partial charge in [0.2, 0.25) is 16.8 Å². The Kier molecular flexibility index (Phi) is 4.88. The van der Waals surface area contributed by atoms with E-state index >= 15 is 0 Å². The molecule has 0 aromatic heterocycles. The highest BCUT2D eigenvalue weighted by atomic mass is 32.2. The smallest absolute Gasteiger partial charge is 0.255 e. The van der Waals surface area contributed by atoms with E-state index in [0.29, 0.717) is 36.7 Å². The Morgan fingerprint density at radius 1 is 0.903 bits per heavy atom. The number of hydrogen-bond donors (Lipinski definition) is 1. The van der Waals surface area contributed by atoms with Crippen molar-refractivity contribution >= 4 is 21.6 Å². The SMILES string of the molecule is O=C(Nc1ccc2c(c1)OCO2)c1cccc(S(=O)(=O)N2CCc3ccccc3C2)c1. The Balaban J connectivity index is 1.36. The number of benzene rings is 3. The Morgan fingerprint density at radius 2 is 1.71 bits per heavy atom. The average molecular weight is 436 g/mol. The summed E-state index contributed by atoms with van der Waals surface area (Å²) in [6, 6.07) is 19.1. The minimum absolute atomic E-state index is 0.102. The first-order valence-electron chi connectivity index (χ1n) is 9.89. The molecule has 3 aromatic carbocycles. The van der Waals surface area contributed by atoms with Crippen LogP contribution in [0, 0.1) is 0 Å². The van der Waals surface area contributed by atoms with Gasteiger partial charge in [0.1, 0.15) is 0 Å². The van der Waals surface area contributed by atoms with Crippen molar-refractivity contribution in [2.45, 2.75) is 17.9 Å². The normalized spacial score (nSPS) is 15.4. The summed E-state index contributed by atoms with van der Waals surface area (Å²) in [5.74, 6) is 0.772. The van der Waals surface area contributed by atoms with E-state index < -0.39 is 15.9 Å². The van der Waals surface area contributed by atoms with Crippen LogP contribution >= 0.6 is 0 Å². The van der Waals surface area contributed by atoms with Gasteiger partial charge in [-0.05, 0) is 47.9 Å². The summed E-state index contributed by atoms with van der Waals surface area (Å²) in [6.07, 6.45) is 0.666. The highest BCUT2D eigenvalue weighted by Crippen LogP contribution is 2.34. The number of carbonyl (C=O) groups is 1. The van der Waals surface area contributed by atoms with Gasteiger partial charge in [-0.15, -0.1) is 0 Å². The highest BCUT2D eigenvalue weighted by Gasteiger charge is 2.28. The van der Waals surface area contributed by atoms with Crippen LogP contribution in [0.1, 0.15) is 21.5 Å². The van der Waals surface area contributed by atoms with E-state index in [2.05, 4.69) is 5.32 Å². The first-order valence-corrected chi connectivity index (χ1v) is 11.3. The fraction of sp³-hybridized carbons (Fsp3) is 0.174. The van der Waals surface area contributed by atoms with Crippen molar-refractivity contribution in [3.63, 3.8) is 0 Å². The van der Waals surface area contributed by atoms with Crippen LogP contribution in [0.15, 0.2) is 71.6 Å². The number of fused-ring (bicyclic) bond motifs is 2. The second-order valence-corrected chi connectivity index (χ2v) is 9.35. The van der Waals surface area contributed by atoms with Crippen molar-refractivity contribution in [1.82, 2.24) is 4.31 Å². The lowest BCUT2D eigenvalue weighted by Gasteiger charge is -2.28. The molecule has 1 N–H and O–H groups in total.